The highest BCUT2D eigenvalue weighted by Crippen LogP contribution is 2.64. The lowest BCUT2D eigenvalue weighted by atomic mass is 9.55. The first-order valence-corrected chi connectivity index (χ1v) is 21.6. The fourth-order valence-electron chi connectivity index (χ4n) is 12.0. The van der Waals surface area contributed by atoms with E-state index in [4.69, 9.17) is 15.0 Å². The lowest BCUT2D eigenvalue weighted by molar-refractivity contribution is -0.143. The molecular weight excluding hydrogens is 833 g/mol. The van der Waals surface area contributed by atoms with Crippen LogP contribution < -0.4 is 5.32 Å². The Balaban J connectivity index is 2.06. The highest BCUT2D eigenvalue weighted by Gasteiger charge is 2.67. The van der Waals surface area contributed by atoms with Crippen LogP contribution >= 0.6 is 0 Å². The standard InChI is InChI=1S/C46H62N4O14/c1-22-36-24(10-12-29(51)52)41(3,4)27(47-36)19-28-43(6,17-15-32(57)58)45(8,21-35(63)64)39(48-28)23(2)37-25(11-13-30(53)54)44(7,20-34(61)62)46(9,50-37)40-26(18-33(59)60)42(5,38(22)49-40)16-14-31(55)56/h19,24-26,40,48H,10-18,20-21H2,1-9H3,(H,51,52)(H,53,54)(H,55,56)(H,57,58)(H,59,60)(H,61,62)(H,63,64)/b28-19-,36-22-,39-23-/t24-,25-,26+,40?,42-,43-,44+,45-,46-/m1/s1. The number of aliphatic carboxylic acids is 7. The predicted octanol–water partition coefficient (Wildman–Crippen LogP) is 6.31. The van der Waals surface area contributed by atoms with Crippen LogP contribution in [0.3, 0.4) is 0 Å². The predicted molar refractivity (Wildman–Crippen MR) is 232 cm³/mol. The Bertz CT molecular complexity index is 2270. The zero-order valence-corrected chi connectivity index (χ0v) is 38.0. The minimum absolute atomic E-state index is 0.0549. The normalized spacial score (nSPS) is 37.0. The van der Waals surface area contributed by atoms with E-state index in [0.717, 1.165) is 0 Å². The number of nitrogens with one attached hydrogen (secondary N) is 1. The minimum Gasteiger partial charge on any atom is -0.481 e. The highest BCUT2D eigenvalue weighted by atomic mass is 16.4. The molecule has 0 radical (unpaired) electrons. The number of allylic oxidation sites excluding steroid dienone is 6. The molecule has 0 aromatic carbocycles. The van der Waals surface area contributed by atoms with E-state index in [9.17, 15) is 69.3 Å². The summed E-state index contributed by atoms with van der Waals surface area (Å²) < 4.78 is 0. The first-order valence-electron chi connectivity index (χ1n) is 21.6. The molecule has 18 nitrogen and oxygen atoms in total. The second-order valence-electron chi connectivity index (χ2n) is 20.1. The maximum atomic E-state index is 13.1. The molecule has 1 fully saturated rings. The summed E-state index contributed by atoms with van der Waals surface area (Å²) in [5, 5.41) is 75.5. The van der Waals surface area contributed by atoms with Crippen LogP contribution in [0.1, 0.15) is 133 Å². The Morgan fingerprint density at radius 2 is 1.17 bits per heavy atom. The average Bonchev–Trinajstić information content (AvgIpc) is 3.74. The molecule has 0 aromatic rings. The van der Waals surface area contributed by atoms with Gasteiger partial charge in [-0.25, -0.2) is 0 Å². The molecule has 0 aliphatic carbocycles. The number of aliphatic imine (C=N–C) groups is 3. The number of carboxylic acid groups (broad SMARTS) is 7. The number of rotatable bonds is 18. The number of hydrogen-bond donors (Lipinski definition) is 8. The van der Waals surface area contributed by atoms with Crippen LogP contribution in [0.5, 0.6) is 0 Å². The van der Waals surface area contributed by atoms with Crippen LogP contribution in [0.25, 0.3) is 0 Å². The van der Waals surface area contributed by atoms with Gasteiger partial charge in [0.2, 0.25) is 0 Å². The van der Waals surface area contributed by atoms with Gasteiger partial charge in [0, 0.05) is 105 Å². The van der Waals surface area contributed by atoms with Gasteiger partial charge in [-0.2, -0.15) is 0 Å². The molecule has 5 heterocycles. The van der Waals surface area contributed by atoms with E-state index in [1.807, 2.05) is 13.8 Å². The number of nitrogens with zero attached hydrogens (tertiary/aromatic N) is 3. The van der Waals surface area contributed by atoms with Crippen molar-refractivity contribution in [3.8, 4) is 0 Å². The fourth-order valence-corrected chi connectivity index (χ4v) is 12.0. The summed E-state index contributed by atoms with van der Waals surface area (Å²) >= 11 is 0. The smallest absolute Gasteiger partial charge is 0.304 e. The van der Waals surface area contributed by atoms with Gasteiger partial charge in [0.05, 0.1) is 30.8 Å². The number of carboxylic acids is 7. The minimum atomic E-state index is -1.64. The lowest BCUT2D eigenvalue weighted by Crippen LogP contribution is -2.55. The van der Waals surface area contributed by atoms with Crippen molar-refractivity contribution in [3.05, 3.63) is 34.3 Å². The summed E-state index contributed by atoms with van der Waals surface area (Å²) in [4.78, 5) is 104. The van der Waals surface area contributed by atoms with Crippen LogP contribution in [0.2, 0.25) is 0 Å². The molecule has 0 amide bonds. The molecular formula is C46H62N4O14. The number of hydrogen-bond acceptors (Lipinski definition) is 11. The number of fused-ring (bicyclic) bond motifs is 6. The van der Waals surface area contributed by atoms with E-state index in [1.54, 1.807) is 54.5 Å². The molecule has 9 atom stereocenters. The Hall–Kier alpha value is -5.68. The maximum absolute atomic E-state index is 13.1. The SMILES string of the molecule is C/C1=C2N=C(/C=C3\N/C(=C(/C)C4=N[C@](C)(C5N=C1[C@](C)(CCC(=O)O)[C@H]5CC(=O)O)[C@@](C)(CC(=O)O)[C@@H]4CCC(=O)O)[C@@](C)(CC(=O)O)[C@]3(C)CCC(=O)O)C(C)(C)[C@@H]/2CCC(=O)O. The molecule has 64 heavy (non-hydrogen) atoms. The average molecular weight is 895 g/mol. The molecule has 5 aliphatic heterocycles. The third-order valence-electron chi connectivity index (χ3n) is 16.1. The Morgan fingerprint density at radius 1 is 0.641 bits per heavy atom. The van der Waals surface area contributed by atoms with Crippen LogP contribution in [-0.2, 0) is 33.6 Å². The summed E-state index contributed by atoms with van der Waals surface area (Å²) in [7, 11) is 0. The molecule has 0 aromatic heterocycles. The summed E-state index contributed by atoms with van der Waals surface area (Å²) in [5.74, 6) is -10.8. The van der Waals surface area contributed by atoms with Crippen molar-refractivity contribution in [1.82, 2.24) is 5.32 Å². The summed E-state index contributed by atoms with van der Waals surface area (Å²) in [5.41, 5.74) is -5.03. The van der Waals surface area contributed by atoms with E-state index < -0.39 is 130 Å². The van der Waals surface area contributed by atoms with Gasteiger partial charge in [0.25, 0.3) is 0 Å². The molecule has 8 bridgehead atoms. The van der Waals surface area contributed by atoms with E-state index in [-0.39, 0.29) is 44.2 Å². The summed E-state index contributed by atoms with van der Waals surface area (Å²) in [6.45, 7) is 15.7. The Labute approximate surface area is 371 Å². The van der Waals surface area contributed by atoms with Crippen molar-refractivity contribution in [1.29, 1.82) is 0 Å². The molecule has 1 saturated heterocycles. The van der Waals surface area contributed by atoms with E-state index >= 15 is 0 Å². The molecule has 1 unspecified atom stereocenters. The molecule has 350 valence electrons. The Morgan fingerprint density at radius 3 is 1.69 bits per heavy atom. The largest absolute Gasteiger partial charge is 0.481 e. The Kier molecular flexibility index (Phi) is 13.1. The fraction of sp³-hybridized carbons (Fsp3) is 0.652. The summed E-state index contributed by atoms with van der Waals surface area (Å²) in [6, 6.07) is -1.16. The molecule has 8 N–H and O–H groups in total. The van der Waals surface area contributed by atoms with Crippen LogP contribution in [0, 0.1) is 44.8 Å². The van der Waals surface area contributed by atoms with Crippen molar-refractivity contribution in [2.75, 3.05) is 0 Å². The monoisotopic (exact) mass is 894 g/mol. The molecule has 18 heteroatoms. The van der Waals surface area contributed by atoms with E-state index in [0.29, 0.717) is 39.7 Å². The van der Waals surface area contributed by atoms with Gasteiger partial charge >= 0.3 is 41.8 Å². The first kappa shape index (κ1) is 49.3. The zero-order chi connectivity index (χ0) is 48.3. The van der Waals surface area contributed by atoms with Gasteiger partial charge in [0.1, 0.15) is 0 Å². The maximum Gasteiger partial charge on any atom is 0.304 e. The second-order valence-corrected chi connectivity index (χ2v) is 20.1. The zero-order valence-electron chi connectivity index (χ0n) is 38.0. The quantitative estimate of drug-likeness (QED) is 0.0748. The van der Waals surface area contributed by atoms with Crippen LogP contribution in [0.4, 0.5) is 0 Å². The third-order valence-corrected chi connectivity index (χ3v) is 16.1. The first-order chi connectivity index (χ1) is 29.4. The second kappa shape index (κ2) is 17.0. The van der Waals surface area contributed by atoms with Crippen molar-refractivity contribution in [2.24, 2.45) is 59.8 Å². The van der Waals surface area contributed by atoms with Gasteiger partial charge in [-0.3, -0.25) is 48.5 Å². The highest BCUT2D eigenvalue weighted by molar-refractivity contribution is 6.10. The van der Waals surface area contributed by atoms with Gasteiger partial charge in [-0.1, -0.05) is 41.5 Å². The van der Waals surface area contributed by atoms with Crippen molar-refractivity contribution >= 4 is 58.9 Å². The van der Waals surface area contributed by atoms with Crippen molar-refractivity contribution in [2.45, 2.75) is 145 Å². The molecule has 0 saturated carbocycles. The van der Waals surface area contributed by atoms with Gasteiger partial charge in [-0.05, 0) is 63.7 Å². The van der Waals surface area contributed by atoms with Gasteiger partial charge in [0.15, 0.2) is 0 Å². The van der Waals surface area contributed by atoms with E-state index in [2.05, 4.69) is 5.32 Å². The van der Waals surface area contributed by atoms with E-state index in [1.165, 1.54) is 0 Å². The topological polar surface area (TPSA) is 310 Å². The number of carbonyl (C=O) groups is 7. The van der Waals surface area contributed by atoms with Gasteiger partial charge in [-0.15, -0.1) is 0 Å². The lowest BCUT2D eigenvalue weighted by Gasteiger charge is -2.48. The van der Waals surface area contributed by atoms with Crippen LogP contribution in [0.15, 0.2) is 49.3 Å². The molecule has 5 rings (SSSR count). The third kappa shape index (κ3) is 8.16. The van der Waals surface area contributed by atoms with Crippen LogP contribution in [-0.4, -0.2) is 106 Å². The van der Waals surface area contributed by atoms with Gasteiger partial charge < -0.3 is 41.1 Å². The van der Waals surface area contributed by atoms with Crippen molar-refractivity contribution < 1.29 is 69.3 Å². The molecule has 5 aliphatic rings. The molecule has 0 spiro atoms. The summed E-state index contributed by atoms with van der Waals surface area (Å²) in [6.07, 6.45) is -1.55. The van der Waals surface area contributed by atoms with Crippen molar-refractivity contribution in [3.63, 3.8) is 0 Å².